The van der Waals surface area contributed by atoms with Gasteiger partial charge in [-0.1, -0.05) is 12.1 Å². The number of nitrogens with two attached hydrogens (primary N) is 1. The highest BCUT2D eigenvalue weighted by Gasteiger charge is 2.52. The van der Waals surface area contributed by atoms with Crippen molar-refractivity contribution in [1.82, 2.24) is 9.88 Å². The molecule has 2 unspecified atom stereocenters. The Kier molecular flexibility index (Phi) is 6.24. The zero-order valence-electron chi connectivity index (χ0n) is 19.6. The third-order valence-electron chi connectivity index (χ3n) is 5.89. The number of nitrogens with zero attached hydrogens (tertiary/aromatic N) is 3. The van der Waals surface area contributed by atoms with Crippen LogP contribution in [0.1, 0.15) is 24.5 Å². The van der Waals surface area contributed by atoms with Crippen molar-refractivity contribution in [1.29, 1.82) is 0 Å². The van der Waals surface area contributed by atoms with Gasteiger partial charge in [0.2, 0.25) is 0 Å². The molecule has 2 atom stereocenters. The first-order valence-electron chi connectivity index (χ1n) is 10.9. The highest BCUT2D eigenvalue weighted by molar-refractivity contribution is 6.07. The summed E-state index contributed by atoms with van der Waals surface area (Å²) in [5.74, 6) is 0.589. The van der Waals surface area contributed by atoms with Gasteiger partial charge in [-0.25, -0.2) is 9.38 Å². The molecule has 0 bridgehead atoms. The normalized spacial score (nSPS) is 20.7. The first kappa shape index (κ1) is 23.2. The highest BCUT2D eigenvalue weighted by atomic mass is 19.1. The van der Waals surface area contributed by atoms with Gasteiger partial charge >= 0.3 is 0 Å². The van der Waals surface area contributed by atoms with E-state index in [0.29, 0.717) is 29.0 Å². The van der Waals surface area contributed by atoms with Crippen LogP contribution in [0.4, 0.5) is 4.39 Å². The molecule has 7 nitrogen and oxygen atoms in total. The topological polar surface area (TPSA) is 90.0 Å². The summed E-state index contributed by atoms with van der Waals surface area (Å²) in [5.41, 5.74) is 8.04. The number of aromatic nitrogens is 1. The molecule has 3 heterocycles. The van der Waals surface area contributed by atoms with E-state index < -0.39 is 11.4 Å². The third kappa shape index (κ3) is 4.31. The number of fused-ring (bicyclic) bond motifs is 2. The summed E-state index contributed by atoms with van der Waals surface area (Å²) in [7, 11) is 3.09. The number of likely N-dealkylation sites (N-methyl/N-ethyl adjacent to an activating group) is 1. The van der Waals surface area contributed by atoms with Crippen molar-refractivity contribution >= 4 is 11.9 Å². The van der Waals surface area contributed by atoms with Gasteiger partial charge in [-0.2, -0.15) is 0 Å². The molecule has 8 heteroatoms. The van der Waals surface area contributed by atoms with Gasteiger partial charge in [0.25, 0.3) is 5.91 Å². The summed E-state index contributed by atoms with van der Waals surface area (Å²) in [5, 5.41) is 0. The molecule has 1 amide bonds. The summed E-state index contributed by atoms with van der Waals surface area (Å²) < 4.78 is 25.0. The van der Waals surface area contributed by atoms with E-state index in [1.54, 1.807) is 25.4 Å². The average molecular weight is 463 g/mol. The molecule has 0 saturated carbocycles. The van der Waals surface area contributed by atoms with Crippen molar-refractivity contribution in [3.8, 4) is 22.6 Å². The number of amides is 1. The third-order valence-corrected chi connectivity index (χ3v) is 5.89. The molecule has 0 saturated heterocycles. The molecule has 3 aromatic rings. The largest absolute Gasteiger partial charge is 0.497 e. The van der Waals surface area contributed by atoms with Gasteiger partial charge in [-0.3, -0.25) is 14.7 Å². The Labute approximate surface area is 198 Å². The second-order valence-corrected chi connectivity index (χ2v) is 8.45. The fraction of sp³-hybridized carbons (Fsp3) is 0.269. The lowest BCUT2D eigenvalue weighted by atomic mass is 9.81. The minimum Gasteiger partial charge on any atom is -0.497 e. The zero-order valence-corrected chi connectivity index (χ0v) is 19.6. The second-order valence-electron chi connectivity index (χ2n) is 8.45. The van der Waals surface area contributed by atoms with Gasteiger partial charge in [-0.15, -0.1) is 0 Å². The monoisotopic (exact) mass is 462 g/mol. The Bertz CT molecular complexity index is 1250. The lowest BCUT2D eigenvalue weighted by molar-refractivity contribution is -0.132. The molecular formula is C26H27FN4O3. The van der Waals surface area contributed by atoms with E-state index in [-0.39, 0.29) is 18.0 Å². The Morgan fingerprint density at radius 3 is 2.59 bits per heavy atom. The predicted octanol–water partition coefficient (Wildman–Crippen LogP) is 4.04. The van der Waals surface area contributed by atoms with Gasteiger partial charge in [-0.05, 0) is 60.9 Å². The van der Waals surface area contributed by atoms with Crippen molar-refractivity contribution in [2.24, 2.45) is 10.7 Å². The predicted molar refractivity (Wildman–Crippen MR) is 128 cm³/mol. The van der Waals surface area contributed by atoms with Gasteiger partial charge in [0.15, 0.2) is 11.5 Å². The molecular weight excluding hydrogens is 435 g/mol. The summed E-state index contributed by atoms with van der Waals surface area (Å²) >= 11 is 0. The van der Waals surface area contributed by atoms with Crippen molar-refractivity contribution in [2.75, 3.05) is 14.2 Å². The highest BCUT2D eigenvalue weighted by Crippen LogP contribution is 2.47. The SMILES string of the molecule is COc1cc(F)cc(-c2ccc3c(c2)C2(CC(C)O3)N=C(N)N(C)C2=O)c1.Cc1cccnc1. The van der Waals surface area contributed by atoms with Crippen LogP contribution in [0.2, 0.25) is 0 Å². The summed E-state index contributed by atoms with van der Waals surface area (Å²) in [6.07, 6.45) is 3.80. The quantitative estimate of drug-likeness (QED) is 0.621. The van der Waals surface area contributed by atoms with Gasteiger partial charge in [0.05, 0.1) is 13.2 Å². The number of methoxy groups -OCH3 is 1. The Morgan fingerprint density at radius 2 is 2.00 bits per heavy atom. The van der Waals surface area contributed by atoms with E-state index in [4.69, 9.17) is 15.2 Å². The minimum atomic E-state index is -1.11. The van der Waals surface area contributed by atoms with E-state index in [1.807, 2.05) is 44.3 Å². The number of carbonyl (C=O) groups is 1. The van der Waals surface area contributed by atoms with E-state index in [2.05, 4.69) is 9.98 Å². The minimum absolute atomic E-state index is 0.179. The molecule has 1 aromatic heterocycles. The first-order chi connectivity index (χ1) is 16.2. The lowest BCUT2D eigenvalue weighted by Crippen LogP contribution is -2.45. The number of aliphatic imine (C=N–C) groups is 1. The van der Waals surface area contributed by atoms with Crippen LogP contribution in [-0.4, -0.2) is 42.0 Å². The molecule has 176 valence electrons. The Balaban J connectivity index is 0.000000336. The zero-order chi connectivity index (χ0) is 24.5. The standard InChI is InChI=1S/C20H20FN3O3.C6H7N/c1-11-10-20(18(25)24(2)19(22)23-20)16-8-12(4-5-17(16)27-11)13-6-14(21)9-15(7-13)26-3;1-6-3-2-4-7-5-6/h4-9,11H,10H2,1-3H3,(H2,22,23);2-5H,1H3. The molecule has 2 N–H and O–H groups in total. The van der Waals surface area contributed by atoms with Crippen LogP contribution in [0.15, 0.2) is 65.9 Å². The summed E-state index contributed by atoms with van der Waals surface area (Å²) in [4.78, 5) is 22.8. The van der Waals surface area contributed by atoms with E-state index in [1.165, 1.54) is 29.7 Å². The van der Waals surface area contributed by atoms with Crippen LogP contribution in [0, 0.1) is 12.7 Å². The van der Waals surface area contributed by atoms with Crippen LogP contribution in [0.5, 0.6) is 11.5 Å². The maximum absolute atomic E-state index is 13.9. The molecule has 0 radical (unpaired) electrons. The van der Waals surface area contributed by atoms with Crippen molar-refractivity contribution in [2.45, 2.75) is 31.9 Å². The number of halogens is 1. The molecule has 5 rings (SSSR count). The molecule has 0 fully saturated rings. The van der Waals surface area contributed by atoms with Crippen LogP contribution >= 0.6 is 0 Å². The summed E-state index contributed by atoms with van der Waals surface area (Å²) in [6, 6.07) is 13.9. The lowest BCUT2D eigenvalue weighted by Gasteiger charge is -2.35. The van der Waals surface area contributed by atoms with Crippen LogP contribution < -0.4 is 15.2 Å². The summed E-state index contributed by atoms with van der Waals surface area (Å²) in [6.45, 7) is 3.92. The number of guanidine groups is 1. The van der Waals surface area contributed by atoms with Crippen LogP contribution in [0.3, 0.4) is 0 Å². The van der Waals surface area contributed by atoms with Crippen molar-refractivity contribution in [3.63, 3.8) is 0 Å². The number of aryl methyl sites for hydroxylation is 1. The van der Waals surface area contributed by atoms with E-state index >= 15 is 0 Å². The number of hydrogen-bond donors (Lipinski definition) is 1. The van der Waals surface area contributed by atoms with Crippen LogP contribution in [-0.2, 0) is 10.3 Å². The maximum atomic E-state index is 13.9. The molecule has 0 aliphatic carbocycles. The Morgan fingerprint density at radius 1 is 1.21 bits per heavy atom. The molecule has 2 aliphatic heterocycles. The van der Waals surface area contributed by atoms with Crippen LogP contribution in [0.25, 0.3) is 11.1 Å². The molecule has 34 heavy (non-hydrogen) atoms. The fourth-order valence-corrected chi connectivity index (χ4v) is 4.22. The van der Waals surface area contributed by atoms with Gasteiger partial charge in [0.1, 0.15) is 17.3 Å². The number of rotatable bonds is 2. The van der Waals surface area contributed by atoms with Gasteiger partial charge < -0.3 is 15.2 Å². The number of hydrogen-bond acceptors (Lipinski definition) is 6. The number of benzene rings is 2. The number of ether oxygens (including phenoxy) is 2. The maximum Gasteiger partial charge on any atom is 0.261 e. The average Bonchev–Trinajstić information content (AvgIpc) is 3.03. The first-order valence-corrected chi connectivity index (χ1v) is 10.9. The van der Waals surface area contributed by atoms with E-state index in [0.717, 1.165) is 5.56 Å². The van der Waals surface area contributed by atoms with E-state index in [9.17, 15) is 9.18 Å². The molecule has 2 aromatic carbocycles. The van der Waals surface area contributed by atoms with Crippen molar-refractivity contribution in [3.05, 3.63) is 77.9 Å². The number of carbonyl (C=O) groups excluding carboxylic acids is 1. The smallest absolute Gasteiger partial charge is 0.261 e. The fourth-order valence-electron chi connectivity index (χ4n) is 4.22. The molecule has 1 spiro atoms. The van der Waals surface area contributed by atoms with Crippen molar-refractivity contribution < 1.29 is 18.7 Å². The Hall–Kier alpha value is -3.94. The van der Waals surface area contributed by atoms with Gasteiger partial charge in [0, 0.05) is 37.5 Å². The second kappa shape index (κ2) is 9.13. The number of pyridine rings is 1. The molecule has 2 aliphatic rings.